The van der Waals surface area contributed by atoms with Gasteiger partial charge >= 0.3 is 12.3 Å². The van der Waals surface area contributed by atoms with E-state index in [4.69, 9.17) is 9.47 Å². The Morgan fingerprint density at radius 1 is 1.10 bits per heavy atom. The first-order chi connectivity index (χ1) is 13.6. The Hall–Kier alpha value is -3.15. The van der Waals surface area contributed by atoms with Crippen molar-refractivity contribution in [3.63, 3.8) is 0 Å². The van der Waals surface area contributed by atoms with Crippen LogP contribution < -0.4 is 18.9 Å². The van der Waals surface area contributed by atoms with E-state index < -0.39 is 44.3 Å². The number of alkyl halides is 3. The first-order valence-electron chi connectivity index (χ1n) is 8.11. The third kappa shape index (κ3) is 4.83. The van der Waals surface area contributed by atoms with Gasteiger partial charge in [-0.3, -0.25) is 4.72 Å². The Labute approximate surface area is 162 Å². The van der Waals surface area contributed by atoms with Gasteiger partial charge in [0, 0.05) is 18.6 Å². The van der Waals surface area contributed by atoms with Gasteiger partial charge in [-0.05, 0) is 12.1 Å². The number of sulfonamides is 1. The molecule has 0 saturated carbocycles. The molecule has 1 aliphatic heterocycles. The minimum atomic E-state index is -5.12. The first-order valence-corrected chi connectivity index (χ1v) is 9.60. The summed E-state index contributed by atoms with van der Waals surface area (Å²) in [5.41, 5.74) is -0.865. The van der Waals surface area contributed by atoms with Crippen LogP contribution in [0.5, 0.6) is 17.2 Å². The smallest absolute Gasteiger partial charge is 0.490 e. The van der Waals surface area contributed by atoms with Gasteiger partial charge in [0.15, 0.2) is 11.5 Å². The zero-order valence-corrected chi connectivity index (χ0v) is 15.3. The Bertz CT molecular complexity index is 1040. The Morgan fingerprint density at radius 3 is 2.34 bits per heavy atom. The first kappa shape index (κ1) is 20.6. The highest BCUT2D eigenvalue weighted by atomic mass is 32.2. The molecular formula is C17H14F3NO7S. The standard InChI is InChI=1S/C17H14F3NO7S/c18-17(19,20)28-12-4-1-2-5-15(12)29(24,25)21-11-9-14-13(8-10(11)16(22)23)26-6-3-7-27-14/h1-2,4-5,8-9,21H,3,6-7H2,(H,22,23). The molecule has 2 aromatic carbocycles. The molecule has 12 heteroatoms. The molecule has 0 unspecified atom stereocenters. The molecule has 0 fully saturated rings. The molecular weight excluding hydrogens is 419 g/mol. The van der Waals surface area contributed by atoms with E-state index in [-0.39, 0.29) is 24.7 Å². The van der Waals surface area contributed by atoms with Crippen LogP contribution in [0.4, 0.5) is 18.9 Å². The van der Waals surface area contributed by atoms with Crippen molar-refractivity contribution in [2.45, 2.75) is 17.7 Å². The SMILES string of the molecule is O=C(O)c1cc2c(cc1NS(=O)(=O)c1ccccc1OC(F)(F)F)OCCCO2. The van der Waals surface area contributed by atoms with E-state index in [1.165, 1.54) is 6.07 Å². The number of benzene rings is 2. The van der Waals surface area contributed by atoms with Gasteiger partial charge in [0.25, 0.3) is 10.0 Å². The Balaban J connectivity index is 2.03. The number of hydrogen-bond acceptors (Lipinski definition) is 6. The highest BCUT2D eigenvalue weighted by Gasteiger charge is 2.34. The number of rotatable bonds is 5. The van der Waals surface area contributed by atoms with Crippen LogP contribution in [0.2, 0.25) is 0 Å². The van der Waals surface area contributed by atoms with Crippen LogP contribution in [-0.4, -0.2) is 39.1 Å². The minimum absolute atomic E-state index is 0.102. The van der Waals surface area contributed by atoms with Crippen LogP contribution in [0.25, 0.3) is 0 Å². The van der Waals surface area contributed by atoms with Crippen LogP contribution in [0.1, 0.15) is 16.8 Å². The van der Waals surface area contributed by atoms with Crippen molar-refractivity contribution in [1.82, 2.24) is 0 Å². The van der Waals surface area contributed by atoms with Crippen molar-refractivity contribution >= 4 is 21.7 Å². The molecule has 0 atom stereocenters. The molecule has 1 heterocycles. The summed E-state index contributed by atoms with van der Waals surface area (Å²) in [4.78, 5) is 10.7. The summed E-state index contributed by atoms with van der Waals surface area (Å²) in [6.07, 6.45) is -4.59. The maximum atomic E-state index is 12.7. The molecule has 0 saturated heterocycles. The maximum absolute atomic E-state index is 12.7. The van der Waals surface area contributed by atoms with Crippen LogP contribution in [0.15, 0.2) is 41.3 Å². The molecule has 3 rings (SSSR count). The minimum Gasteiger partial charge on any atom is -0.490 e. The monoisotopic (exact) mass is 433 g/mol. The molecule has 8 nitrogen and oxygen atoms in total. The fourth-order valence-electron chi connectivity index (χ4n) is 2.55. The maximum Gasteiger partial charge on any atom is 0.573 e. The van der Waals surface area contributed by atoms with E-state index in [0.717, 1.165) is 30.3 Å². The fourth-order valence-corrected chi connectivity index (χ4v) is 3.75. The largest absolute Gasteiger partial charge is 0.573 e. The number of anilines is 1. The van der Waals surface area contributed by atoms with Gasteiger partial charge in [-0.25, -0.2) is 13.2 Å². The fraction of sp³-hybridized carbons (Fsp3) is 0.235. The second kappa shape index (κ2) is 7.70. The van der Waals surface area contributed by atoms with Crippen molar-refractivity contribution in [3.8, 4) is 17.2 Å². The number of para-hydroxylation sites is 1. The molecule has 0 amide bonds. The number of carboxylic acid groups (broad SMARTS) is 1. The molecule has 0 spiro atoms. The summed E-state index contributed by atoms with van der Waals surface area (Å²) in [7, 11) is -4.64. The van der Waals surface area contributed by atoms with Gasteiger partial charge in [0.05, 0.1) is 24.5 Å². The second-order valence-corrected chi connectivity index (χ2v) is 7.45. The Morgan fingerprint density at radius 2 is 1.72 bits per heavy atom. The third-order valence-corrected chi connectivity index (χ3v) is 5.13. The number of ether oxygens (including phenoxy) is 3. The highest BCUT2D eigenvalue weighted by molar-refractivity contribution is 7.92. The normalized spacial score (nSPS) is 14.0. The number of hydrogen-bond donors (Lipinski definition) is 2. The van der Waals surface area contributed by atoms with Crippen molar-refractivity contribution in [2.24, 2.45) is 0 Å². The summed E-state index contributed by atoms with van der Waals surface area (Å²) < 4.78 is 79.7. The van der Waals surface area contributed by atoms with Crippen molar-refractivity contribution in [2.75, 3.05) is 17.9 Å². The number of carbonyl (C=O) groups is 1. The van der Waals surface area contributed by atoms with E-state index in [2.05, 4.69) is 4.74 Å². The number of carboxylic acids is 1. The summed E-state index contributed by atoms with van der Waals surface area (Å²) in [5.74, 6) is -2.22. The zero-order valence-electron chi connectivity index (χ0n) is 14.5. The average Bonchev–Trinajstić information content (AvgIpc) is 2.84. The molecule has 1 aliphatic rings. The zero-order chi connectivity index (χ0) is 21.2. The molecule has 29 heavy (non-hydrogen) atoms. The lowest BCUT2D eigenvalue weighted by molar-refractivity contribution is -0.275. The van der Waals surface area contributed by atoms with E-state index in [9.17, 15) is 31.5 Å². The number of fused-ring (bicyclic) bond motifs is 1. The van der Waals surface area contributed by atoms with Crippen molar-refractivity contribution in [3.05, 3.63) is 42.0 Å². The van der Waals surface area contributed by atoms with Crippen molar-refractivity contribution < 1.29 is 45.7 Å². The van der Waals surface area contributed by atoms with E-state index in [1.54, 1.807) is 0 Å². The van der Waals surface area contributed by atoms with Gasteiger partial charge in [-0.1, -0.05) is 12.1 Å². The summed E-state index contributed by atoms with van der Waals surface area (Å²) in [6.45, 7) is 0.535. The topological polar surface area (TPSA) is 111 Å². The molecule has 156 valence electrons. The number of halogens is 3. The van der Waals surface area contributed by atoms with E-state index in [0.29, 0.717) is 6.42 Å². The average molecular weight is 433 g/mol. The molecule has 0 bridgehead atoms. The number of aromatic carboxylic acids is 1. The van der Waals surface area contributed by atoms with Crippen LogP contribution in [0, 0.1) is 0 Å². The molecule has 2 N–H and O–H groups in total. The quantitative estimate of drug-likeness (QED) is 0.745. The number of nitrogens with one attached hydrogen (secondary N) is 1. The van der Waals surface area contributed by atoms with Gasteiger partial charge < -0.3 is 19.3 Å². The summed E-state index contributed by atoms with van der Waals surface area (Å²) >= 11 is 0. The van der Waals surface area contributed by atoms with Gasteiger partial charge in [0.2, 0.25) is 0 Å². The van der Waals surface area contributed by atoms with Crippen LogP contribution >= 0.6 is 0 Å². The predicted octanol–water partition coefficient (Wildman–Crippen LogP) is 3.25. The van der Waals surface area contributed by atoms with Gasteiger partial charge in [-0.2, -0.15) is 0 Å². The molecule has 0 aliphatic carbocycles. The lowest BCUT2D eigenvalue weighted by Crippen LogP contribution is -2.21. The Kier molecular flexibility index (Phi) is 5.46. The van der Waals surface area contributed by atoms with Gasteiger partial charge in [0.1, 0.15) is 10.6 Å². The third-order valence-electron chi connectivity index (χ3n) is 3.73. The highest BCUT2D eigenvalue weighted by Crippen LogP contribution is 2.37. The second-order valence-electron chi connectivity index (χ2n) is 5.80. The van der Waals surface area contributed by atoms with E-state index >= 15 is 0 Å². The van der Waals surface area contributed by atoms with E-state index in [1.807, 2.05) is 4.72 Å². The molecule has 2 aromatic rings. The van der Waals surface area contributed by atoms with Gasteiger partial charge in [-0.15, -0.1) is 13.2 Å². The van der Waals surface area contributed by atoms with Crippen LogP contribution in [-0.2, 0) is 10.0 Å². The molecule has 0 radical (unpaired) electrons. The predicted molar refractivity (Wildman–Crippen MR) is 92.9 cm³/mol. The lowest BCUT2D eigenvalue weighted by atomic mass is 10.1. The lowest BCUT2D eigenvalue weighted by Gasteiger charge is -2.16. The molecule has 0 aromatic heterocycles. The summed E-state index contributed by atoms with van der Waals surface area (Å²) in [5, 5.41) is 9.41. The summed E-state index contributed by atoms with van der Waals surface area (Å²) in [6, 6.07) is 6.27. The van der Waals surface area contributed by atoms with Crippen molar-refractivity contribution in [1.29, 1.82) is 0 Å². The van der Waals surface area contributed by atoms with Crippen LogP contribution in [0.3, 0.4) is 0 Å².